The first-order valence-electron chi connectivity index (χ1n) is 4.53. The van der Waals surface area contributed by atoms with Crippen LogP contribution in [0.2, 0.25) is 10.0 Å². The third-order valence-corrected chi connectivity index (χ3v) is 4.44. The third kappa shape index (κ3) is 4.87. The highest BCUT2D eigenvalue weighted by Crippen LogP contribution is 2.37. The predicted octanol–water partition coefficient (Wildman–Crippen LogP) is 4.30. The van der Waals surface area contributed by atoms with E-state index in [2.05, 4.69) is 0 Å². The molecule has 2 nitrogen and oxygen atoms in total. The van der Waals surface area contributed by atoms with Gasteiger partial charge in [-0.1, -0.05) is 44.8 Å². The van der Waals surface area contributed by atoms with Gasteiger partial charge in [-0.2, -0.15) is 0 Å². The summed E-state index contributed by atoms with van der Waals surface area (Å²) in [6.07, 6.45) is 0. The van der Waals surface area contributed by atoms with Crippen LogP contribution in [0.5, 0.6) is 0 Å². The summed E-state index contributed by atoms with van der Waals surface area (Å²) in [7, 11) is 2.79. The Morgan fingerprint density at radius 3 is 2.88 bits per heavy atom. The summed E-state index contributed by atoms with van der Waals surface area (Å²) >= 11 is 11.8. The fourth-order valence-electron chi connectivity index (χ4n) is 0.885. The molecule has 0 fully saturated rings. The van der Waals surface area contributed by atoms with Crippen LogP contribution in [0.15, 0.2) is 23.1 Å². The number of rotatable bonds is 5. The average Bonchev–Trinajstić information content (AvgIpc) is 2.23. The molecule has 1 rings (SSSR count). The molecule has 0 aliphatic carbocycles. The monoisotopic (exact) mass is 296 g/mol. The lowest BCUT2D eigenvalue weighted by Crippen LogP contribution is -2.05. The zero-order chi connectivity index (χ0) is 12.0. The number of esters is 1. The van der Waals surface area contributed by atoms with E-state index in [-0.39, 0.29) is 5.97 Å². The number of halogens is 2. The maximum atomic E-state index is 11.1. The lowest BCUT2D eigenvalue weighted by molar-refractivity contribution is -0.139. The van der Waals surface area contributed by atoms with Gasteiger partial charge < -0.3 is 4.74 Å². The SMILES string of the molecule is CCOC(=O)CSSc1cc(Cl)ccc1Cl. The zero-order valence-corrected chi connectivity index (χ0v) is 11.7. The first-order chi connectivity index (χ1) is 7.63. The number of carbonyl (C=O) groups is 1. The summed E-state index contributed by atoms with van der Waals surface area (Å²) in [5, 5.41) is 1.26. The van der Waals surface area contributed by atoms with Crippen molar-refractivity contribution in [3.05, 3.63) is 28.2 Å². The Labute approximate surface area is 112 Å². The summed E-state index contributed by atoms with van der Waals surface area (Å²) in [6, 6.07) is 5.23. The van der Waals surface area contributed by atoms with Gasteiger partial charge in [-0.05, 0) is 25.1 Å². The van der Waals surface area contributed by atoms with Crippen LogP contribution in [0.25, 0.3) is 0 Å². The van der Waals surface area contributed by atoms with Gasteiger partial charge in [0.05, 0.1) is 11.6 Å². The van der Waals surface area contributed by atoms with Crippen LogP contribution in [0.3, 0.4) is 0 Å². The molecule has 1 aromatic carbocycles. The van der Waals surface area contributed by atoms with E-state index in [1.807, 2.05) is 0 Å². The van der Waals surface area contributed by atoms with Gasteiger partial charge in [0.2, 0.25) is 0 Å². The maximum Gasteiger partial charge on any atom is 0.316 e. The molecule has 0 bridgehead atoms. The van der Waals surface area contributed by atoms with Crippen molar-refractivity contribution in [1.29, 1.82) is 0 Å². The van der Waals surface area contributed by atoms with Gasteiger partial charge >= 0.3 is 5.97 Å². The van der Waals surface area contributed by atoms with Crippen LogP contribution in [0.4, 0.5) is 0 Å². The second-order valence-electron chi connectivity index (χ2n) is 2.73. The highest BCUT2D eigenvalue weighted by Gasteiger charge is 2.06. The van der Waals surface area contributed by atoms with Crippen LogP contribution >= 0.6 is 44.8 Å². The van der Waals surface area contributed by atoms with Crippen molar-refractivity contribution in [3.8, 4) is 0 Å². The number of ether oxygens (including phenoxy) is 1. The minimum absolute atomic E-state index is 0.224. The van der Waals surface area contributed by atoms with E-state index in [0.29, 0.717) is 22.4 Å². The largest absolute Gasteiger partial charge is 0.465 e. The van der Waals surface area contributed by atoms with E-state index in [1.54, 1.807) is 25.1 Å². The molecule has 0 aliphatic heterocycles. The predicted molar refractivity (Wildman–Crippen MR) is 71.4 cm³/mol. The van der Waals surface area contributed by atoms with Gasteiger partial charge in [0.25, 0.3) is 0 Å². The van der Waals surface area contributed by atoms with Crippen molar-refractivity contribution < 1.29 is 9.53 Å². The van der Waals surface area contributed by atoms with Crippen molar-refractivity contribution in [2.75, 3.05) is 12.4 Å². The highest BCUT2D eigenvalue weighted by atomic mass is 35.5. The van der Waals surface area contributed by atoms with E-state index < -0.39 is 0 Å². The van der Waals surface area contributed by atoms with Crippen molar-refractivity contribution in [2.45, 2.75) is 11.8 Å². The second-order valence-corrected chi connectivity index (χ2v) is 5.91. The van der Waals surface area contributed by atoms with Crippen LogP contribution in [-0.4, -0.2) is 18.3 Å². The fraction of sp³-hybridized carbons (Fsp3) is 0.300. The van der Waals surface area contributed by atoms with Crippen molar-refractivity contribution in [2.24, 2.45) is 0 Å². The summed E-state index contributed by atoms with van der Waals surface area (Å²) < 4.78 is 4.80. The Morgan fingerprint density at radius 1 is 1.44 bits per heavy atom. The van der Waals surface area contributed by atoms with Gasteiger partial charge in [0.1, 0.15) is 5.75 Å². The van der Waals surface area contributed by atoms with E-state index >= 15 is 0 Å². The Hall–Kier alpha value is -0.0300. The highest BCUT2D eigenvalue weighted by molar-refractivity contribution is 8.76. The van der Waals surface area contributed by atoms with Gasteiger partial charge in [0.15, 0.2) is 0 Å². The smallest absolute Gasteiger partial charge is 0.316 e. The van der Waals surface area contributed by atoms with Crippen LogP contribution in [-0.2, 0) is 9.53 Å². The summed E-state index contributed by atoms with van der Waals surface area (Å²) in [6.45, 7) is 2.19. The number of carbonyl (C=O) groups excluding carboxylic acids is 1. The molecule has 16 heavy (non-hydrogen) atoms. The summed E-state index contributed by atoms with van der Waals surface area (Å²) in [5.74, 6) is 0.0691. The molecule has 1 aromatic rings. The lowest BCUT2D eigenvalue weighted by Gasteiger charge is -2.04. The molecule has 0 atom stereocenters. The second kappa shape index (κ2) is 7.33. The number of benzene rings is 1. The quantitative estimate of drug-likeness (QED) is 0.598. The Morgan fingerprint density at radius 2 is 2.19 bits per heavy atom. The lowest BCUT2D eigenvalue weighted by atomic mass is 10.4. The van der Waals surface area contributed by atoms with Crippen molar-refractivity contribution >= 4 is 50.8 Å². The molecular formula is C10H10Cl2O2S2. The number of hydrogen-bond acceptors (Lipinski definition) is 4. The van der Waals surface area contributed by atoms with E-state index in [9.17, 15) is 4.79 Å². The molecule has 0 saturated carbocycles. The molecule has 0 aliphatic rings. The molecule has 0 saturated heterocycles. The molecule has 0 N–H and O–H groups in total. The van der Waals surface area contributed by atoms with Crippen molar-refractivity contribution in [3.63, 3.8) is 0 Å². The van der Waals surface area contributed by atoms with Crippen LogP contribution in [0.1, 0.15) is 6.92 Å². The summed E-state index contributed by atoms with van der Waals surface area (Å²) in [4.78, 5) is 11.9. The van der Waals surface area contributed by atoms with Gasteiger partial charge in [-0.3, -0.25) is 4.79 Å². The Bertz CT molecular complexity index is 372. The van der Waals surface area contributed by atoms with E-state index in [4.69, 9.17) is 27.9 Å². The van der Waals surface area contributed by atoms with E-state index in [0.717, 1.165) is 4.90 Å². The van der Waals surface area contributed by atoms with E-state index in [1.165, 1.54) is 21.6 Å². The Balaban J connectivity index is 2.42. The molecule has 0 amide bonds. The van der Waals surface area contributed by atoms with Gasteiger partial charge in [-0.25, -0.2) is 0 Å². The zero-order valence-electron chi connectivity index (χ0n) is 8.54. The topological polar surface area (TPSA) is 26.3 Å². The molecule has 0 unspecified atom stereocenters. The molecule has 0 radical (unpaired) electrons. The minimum Gasteiger partial charge on any atom is -0.465 e. The van der Waals surface area contributed by atoms with Gasteiger partial charge in [-0.15, -0.1) is 0 Å². The molecule has 6 heteroatoms. The molecule has 88 valence electrons. The molecule has 0 heterocycles. The van der Waals surface area contributed by atoms with Crippen LogP contribution in [0, 0.1) is 0 Å². The number of hydrogen-bond donors (Lipinski definition) is 0. The maximum absolute atomic E-state index is 11.1. The third-order valence-electron chi connectivity index (χ3n) is 1.52. The normalized spacial score (nSPS) is 10.2. The van der Waals surface area contributed by atoms with Crippen molar-refractivity contribution in [1.82, 2.24) is 0 Å². The minimum atomic E-state index is -0.224. The molecular weight excluding hydrogens is 287 g/mol. The van der Waals surface area contributed by atoms with Crippen LogP contribution < -0.4 is 0 Å². The average molecular weight is 297 g/mol. The first kappa shape index (κ1) is 14.0. The first-order valence-corrected chi connectivity index (χ1v) is 7.61. The van der Waals surface area contributed by atoms with Gasteiger partial charge in [0, 0.05) is 9.92 Å². The molecule has 0 spiro atoms. The standard InChI is InChI=1S/C10H10Cl2O2S2/c1-2-14-10(13)6-15-16-9-5-7(11)3-4-8(9)12/h3-5H,2,6H2,1H3. The molecule has 0 aromatic heterocycles. The Kier molecular flexibility index (Phi) is 6.43. The fourth-order valence-corrected chi connectivity index (χ4v) is 3.44. The summed E-state index contributed by atoms with van der Waals surface area (Å²) in [5.41, 5.74) is 0.